The molecule has 1 aromatic rings. The Morgan fingerprint density at radius 1 is 1.60 bits per heavy atom. The van der Waals surface area contributed by atoms with Crippen molar-refractivity contribution in [1.82, 2.24) is 15.1 Å². The van der Waals surface area contributed by atoms with Crippen LogP contribution in [0.2, 0.25) is 5.02 Å². The standard InChI is InChI=1S/C14H23ClN4O/c1-2-8-19-14(20)13(15)12(10-18-19)17-7-5-11-4-3-6-16-9-11/h10-11,16-17H,2-9H2,1H3. The number of halogens is 1. The summed E-state index contributed by atoms with van der Waals surface area (Å²) in [6.45, 7) is 5.66. The molecule has 0 saturated carbocycles. The number of nitrogens with one attached hydrogen (secondary N) is 2. The zero-order valence-corrected chi connectivity index (χ0v) is 12.7. The highest BCUT2D eigenvalue weighted by atomic mass is 35.5. The van der Waals surface area contributed by atoms with E-state index < -0.39 is 0 Å². The molecule has 1 aliphatic rings. The fourth-order valence-electron chi connectivity index (χ4n) is 2.54. The first-order valence-electron chi connectivity index (χ1n) is 7.42. The SMILES string of the molecule is CCCn1ncc(NCCC2CCCNC2)c(Cl)c1=O. The van der Waals surface area contributed by atoms with Crippen LogP contribution in [0.25, 0.3) is 0 Å². The molecule has 5 nitrogen and oxygen atoms in total. The number of aryl methyl sites for hydroxylation is 1. The van der Waals surface area contributed by atoms with Crippen molar-refractivity contribution >= 4 is 17.3 Å². The molecule has 1 fully saturated rings. The smallest absolute Gasteiger partial charge is 0.287 e. The van der Waals surface area contributed by atoms with E-state index >= 15 is 0 Å². The van der Waals surface area contributed by atoms with Crippen LogP contribution >= 0.6 is 11.6 Å². The lowest BCUT2D eigenvalue weighted by Crippen LogP contribution is -2.31. The maximum absolute atomic E-state index is 12.0. The highest BCUT2D eigenvalue weighted by Gasteiger charge is 2.13. The molecule has 2 heterocycles. The number of hydrogen-bond acceptors (Lipinski definition) is 4. The lowest BCUT2D eigenvalue weighted by atomic mass is 9.96. The van der Waals surface area contributed by atoms with E-state index in [1.54, 1.807) is 6.20 Å². The molecule has 112 valence electrons. The highest BCUT2D eigenvalue weighted by molar-refractivity contribution is 6.32. The van der Waals surface area contributed by atoms with Crippen molar-refractivity contribution < 1.29 is 0 Å². The number of piperidine rings is 1. The quantitative estimate of drug-likeness (QED) is 0.844. The van der Waals surface area contributed by atoms with Gasteiger partial charge in [-0.15, -0.1) is 0 Å². The molecule has 0 amide bonds. The Kier molecular flexibility index (Phi) is 5.86. The molecule has 1 aromatic heterocycles. The van der Waals surface area contributed by atoms with Gasteiger partial charge in [0.1, 0.15) is 5.02 Å². The molecule has 0 aliphatic carbocycles. The van der Waals surface area contributed by atoms with Gasteiger partial charge in [0.2, 0.25) is 0 Å². The first kappa shape index (κ1) is 15.3. The second kappa shape index (κ2) is 7.64. The molecule has 2 rings (SSSR count). The maximum atomic E-state index is 12.0. The average Bonchev–Trinajstić information content (AvgIpc) is 2.48. The van der Waals surface area contributed by atoms with Crippen molar-refractivity contribution in [2.75, 3.05) is 25.0 Å². The third-order valence-corrected chi connectivity index (χ3v) is 4.05. The molecule has 2 N–H and O–H groups in total. The van der Waals surface area contributed by atoms with E-state index in [1.807, 2.05) is 6.92 Å². The maximum Gasteiger partial charge on any atom is 0.287 e. The molecule has 1 saturated heterocycles. The van der Waals surface area contributed by atoms with Crippen LogP contribution in [0.5, 0.6) is 0 Å². The molecule has 0 bridgehead atoms. The predicted molar refractivity (Wildman–Crippen MR) is 82.5 cm³/mol. The molecular weight excluding hydrogens is 276 g/mol. The lowest BCUT2D eigenvalue weighted by molar-refractivity contribution is 0.364. The summed E-state index contributed by atoms with van der Waals surface area (Å²) in [5, 5.41) is 11.0. The van der Waals surface area contributed by atoms with E-state index in [2.05, 4.69) is 15.7 Å². The van der Waals surface area contributed by atoms with Gasteiger partial charge in [-0.3, -0.25) is 4.79 Å². The van der Waals surface area contributed by atoms with Crippen LogP contribution in [0.1, 0.15) is 32.6 Å². The summed E-state index contributed by atoms with van der Waals surface area (Å²) in [5.74, 6) is 0.712. The number of rotatable bonds is 6. The van der Waals surface area contributed by atoms with Gasteiger partial charge in [-0.2, -0.15) is 5.10 Å². The average molecular weight is 299 g/mol. The topological polar surface area (TPSA) is 59.0 Å². The van der Waals surface area contributed by atoms with E-state index in [0.717, 1.165) is 32.5 Å². The Hall–Kier alpha value is -1.07. The number of anilines is 1. The Labute approximate surface area is 124 Å². The summed E-state index contributed by atoms with van der Waals surface area (Å²) in [5.41, 5.74) is 0.436. The van der Waals surface area contributed by atoms with E-state index in [4.69, 9.17) is 11.6 Å². The van der Waals surface area contributed by atoms with Gasteiger partial charge in [-0.05, 0) is 44.7 Å². The van der Waals surface area contributed by atoms with E-state index in [0.29, 0.717) is 18.2 Å². The van der Waals surface area contributed by atoms with Crippen LogP contribution < -0.4 is 16.2 Å². The molecule has 20 heavy (non-hydrogen) atoms. The second-order valence-electron chi connectivity index (χ2n) is 5.33. The number of aromatic nitrogens is 2. The van der Waals surface area contributed by atoms with E-state index in [1.165, 1.54) is 17.5 Å². The van der Waals surface area contributed by atoms with Gasteiger partial charge in [-0.25, -0.2) is 4.68 Å². The molecule has 0 spiro atoms. The van der Waals surface area contributed by atoms with Gasteiger partial charge >= 0.3 is 0 Å². The molecule has 6 heteroatoms. The van der Waals surface area contributed by atoms with Crippen LogP contribution in [0, 0.1) is 5.92 Å². The summed E-state index contributed by atoms with van der Waals surface area (Å²) < 4.78 is 1.42. The normalized spacial score (nSPS) is 19.0. The van der Waals surface area contributed by atoms with Crippen LogP contribution in [0.3, 0.4) is 0 Å². The first-order valence-corrected chi connectivity index (χ1v) is 7.80. The molecule has 1 atom stereocenters. The Morgan fingerprint density at radius 2 is 2.45 bits per heavy atom. The minimum absolute atomic E-state index is 0.210. The lowest BCUT2D eigenvalue weighted by Gasteiger charge is -2.22. The molecular formula is C14H23ClN4O. The largest absolute Gasteiger partial charge is 0.382 e. The monoisotopic (exact) mass is 298 g/mol. The fraction of sp³-hybridized carbons (Fsp3) is 0.714. The third kappa shape index (κ3) is 3.96. The number of nitrogens with zero attached hydrogens (tertiary/aromatic N) is 2. The molecule has 0 radical (unpaired) electrons. The zero-order valence-electron chi connectivity index (χ0n) is 12.0. The Balaban J connectivity index is 1.89. The van der Waals surface area contributed by atoms with Crippen molar-refractivity contribution in [3.63, 3.8) is 0 Å². The summed E-state index contributed by atoms with van der Waals surface area (Å²) in [6, 6.07) is 0. The summed E-state index contributed by atoms with van der Waals surface area (Å²) in [7, 11) is 0. The van der Waals surface area contributed by atoms with Gasteiger partial charge in [0, 0.05) is 13.1 Å². The van der Waals surface area contributed by atoms with Crippen LogP contribution in [-0.4, -0.2) is 29.4 Å². The van der Waals surface area contributed by atoms with Gasteiger partial charge < -0.3 is 10.6 Å². The van der Waals surface area contributed by atoms with E-state index in [-0.39, 0.29) is 10.6 Å². The van der Waals surface area contributed by atoms with Gasteiger partial charge in [0.05, 0.1) is 11.9 Å². The second-order valence-corrected chi connectivity index (χ2v) is 5.71. The minimum Gasteiger partial charge on any atom is -0.382 e. The zero-order chi connectivity index (χ0) is 14.4. The van der Waals surface area contributed by atoms with Gasteiger partial charge in [-0.1, -0.05) is 18.5 Å². The van der Waals surface area contributed by atoms with Crippen LogP contribution in [0.15, 0.2) is 11.0 Å². The van der Waals surface area contributed by atoms with Crippen LogP contribution in [-0.2, 0) is 6.54 Å². The van der Waals surface area contributed by atoms with Crippen molar-refractivity contribution in [2.45, 2.75) is 39.2 Å². The molecule has 1 unspecified atom stereocenters. The Morgan fingerprint density at radius 3 is 3.15 bits per heavy atom. The molecule has 0 aromatic carbocycles. The third-order valence-electron chi connectivity index (χ3n) is 3.69. The Bertz CT molecular complexity index is 483. The summed E-state index contributed by atoms with van der Waals surface area (Å²) >= 11 is 6.11. The highest BCUT2D eigenvalue weighted by Crippen LogP contribution is 2.17. The predicted octanol–water partition coefficient (Wildman–Crippen LogP) is 2.11. The van der Waals surface area contributed by atoms with Crippen molar-refractivity contribution in [2.24, 2.45) is 5.92 Å². The fourth-order valence-corrected chi connectivity index (χ4v) is 2.75. The van der Waals surface area contributed by atoms with Crippen molar-refractivity contribution in [3.05, 3.63) is 21.6 Å². The van der Waals surface area contributed by atoms with Gasteiger partial charge in [0.25, 0.3) is 5.56 Å². The van der Waals surface area contributed by atoms with Crippen LogP contribution in [0.4, 0.5) is 5.69 Å². The van der Waals surface area contributed by atoms with Crippen molar-refractivity contribution in [3.8, 4) is 0 Å². The summed E-state index contributed by atoms with van der Waals surface area (Å²) in [4.78, 5) is 12.0. The molecule has 1 aliphatic heterocycles. The summed E-state index contributed by atoms with van der Waals surface area (Å²) in [6.07, 6.45) is 6.13. The number of hydrogen-bond donors (Lipinski definition) is 2. The first-order chi connectivity index (χ1) is 9.72. The minimum atomic E-state index is -0.210. The van der Waals surface area contributed by atoms with Crippen molar-refractivity contribution in [1.29, 1.82) is 0 Å². The van der Waals surface area contributed by atoms with E-state index in [9.17, 15) is 4.79 Å². The van der Waals surface area contributed by atoms with Gasteiger partial charge in [0.15, 0.2) is 0 Å².